The summed E-state index contributed by atoms with van der Waals surface area (Å²) in [5.74, 6) is 2.61. The van der Waals surface area contributed by atoms with Crippen molar-refractivity contribution in [2.75, 3.05) is 44.9 Å². The molecule has 1 saturated heterocycles. The number of amides is 2. The Hall–Kier alpha value is -3.46. The fourth-order valence-corrected chi connectivity index (χ4v) is 4.22. The number of likely N-dealkylation sites (tertiary alicyclic amines) is 1. The number of nitrogens with zero attached hydrogens (tertiary/aromatic N) is 1. The summed E-state index contributed by atoms with van der Waals surface area (Å²) in [6, 6.07) is 12.9. The van der Waals surface area contributed by atoms with E-state index in [0.717, 1.165) is 5.75 Å². The highest BCUT2D eigenvalue weighted by Crippen LogP contribution is 2.34. The Bertz CT molecular complexity index is 1020. The number of fused-ring (bicyclic) bond motifs is 2. The zero-order valence-corrected chi connectivity index (χ0v) is 18.2. The summed E-state index contributed by atoms with van der Waals surface area (Å²) in [5.41, 5.74) is 0.697. The topological polar surface area (TPSA) is 98.4 Å². The largest absolute Gasteiger partial charge is 0.486 e. The van der Waals surface area contributed by atoms with Crippen LogP contribution in [0.5, 0.6) is 23.0 Å². The standard InChI is InChI=1S/C24H27N3O6/c28-23(25-12-18-14-30-19-3-1-2-4-21(19)33-18)13-27-9-7-16(8-10-27)24(29)26-17-5-6-20-22(11-17)32-15-31-20/h1-6,11,16,18H,7-10,12-15H2,(H,25,28)(H,26,29)/t18-/m0/s1. The second-order valence-corrected chi connectivity index (χ2v) is 8.41. The van der Waals surface area contributed by atoms with Crippen molar-refractivity contribution >= 4 is 17.5 Å². The van der Waals surface area contributed by atoms with Crippen molar-refractivity contribution in [3.05, 3.63) is 42.5 Å². The normalized spacial score (nSPS) is 19.7. The molecule has 2 N–H and O–H groups in total. The van der Waals surface area contributed by atoms with Gasteiger partial charge in [0.25, 0.3) is 0 Å². The summed E-state index contributed by atoms with van der Waals surface area (Å²) < 4.78 is 22.2. The van der Waals surface area contributed by atoms with Crippen molar-refractivity contribution < 1.29 is 28.5 Å². The van der Waals surface area contributed by atoms with Crippen LogP contribution in [0.4, 0.5) is 5.69 Å². The van der Waals surface area contributed by atoms with Gasteiger partial charge < -0.3 is 29.6 Å². The lowest BCUT2D eigenvalue weighted by molar-refractivity contribution is -0.123. The number of ether oxygens (including phenoxy) is 4. The molecule has 3 aliphatic heterocycles. The molecular formula is C24H27N3O6. The van der Waals surface area contributed by atoms with Crippen molar-refractivity contribution in [1.29, 1.82) is 0 Å². The minimum absolute atomic E-state index is 0.00676. The van der Waals surface area contributed by atoms with Crippen LogP contribution in [0.2, 0.25) is 0 Å². The minimum Gasteiger partial charge on any atom is -0.486 e. The maximum atomic E-state index is 12.7. The van der Waals surface area contributed by atoms with E-state index in [1.54, 1.807) is 12.1 Å². The van der Waals surface area contributed by atoms with Crippen molar-refractivity contribution in [2.45, 2.75) is 18.9 Å². The van der Waals surface area contributed by atoms with Crippen LogP contribution in [0.15, 0.2) is 42.5 Å². The van der Waals surface area contributed by atoms with Gasteiger partial charge in [-0.3, -0.25) is 14.5 Å². The molecule has 1 atom stereocenters. The van der Waals surface area contributed by atoms with Crippen LogP contribution in [0.3, 0.4) is 0 Å². The Morgan fingerprint density at radius 3 is 2.55 bits per heavy atom. The maximum absolute atomic E-state index is 12.7. The molecule has 0 unspecified atom stereocenters. The van der Waals surface area contributed by atoms with E-state index < -0.39 is 0 Å². The Kier molecular flexibility index (Phi) is 6.21. The quantitative estimate of drug-likeness (QED) is 0.691. The second-order valence-electron chi connectivity index (χ2n) is 8.41. The average Bonchev–Trinajstić information content (AvgIpc) is 3.31. The SMILES string of the molecule is O=C(CN1CCC(C(=O)Nc2ccc3c(c2)OCO3)CC1)NC[C@H]1COc2ccccc2O1. The molecule has 9 nitrogen and oxygen atoms in total. The van der Waals surface area contributed by atoms with E-state index in [2.05, 4.69) is 15.5 Å². The highest BCUT2D eigenvalue weighted by molar-refractivity contribution is 5.93. The second kappa shape index (κ2) is 9.58. The molecule has 0 bridgehead atoms. The van der Waals surface area contributed by atoms with E-state index in [9.17, 15) is 9.59 Å². The maximum Gasteiger partial charge on any atom is 0.234 e. The van der Waals surface area contributed by atoms with Gasteiger partial charge in [-0.25, -0.2) is 0 Å². The molecule has 3 aliphatic rings. The molecule has 2 amide bonds. The van der Waals surface area contributed by atoms with Gasteiger partial charge in [0.15, 0.2) is 23.0 Å². The third-order valence-corrected chi connectivity index (χ3v) is 6.06. The summed E-state index contributed by atoms with van der Waals surface area (Å²) in [5, 5.41) is 5.89. The molecule has 174 valence electrons. The van der Waals surface area contributed by atoms with Gasteiger partial charge in [-0.2, -0.15) is 0 Å². The summed E-state index contributed by atoms with van der Waals surface area (Å²) in [6.45, 7) is 2.70. The number of carbonyl (C=O) groups is 2. The van der Waals surface area contributed by atoms with Gasteiger partial charge in [0.2, 0.25) is 18.6 Å². The van der Waals surface area contributed by atoms with E-state index in [4.69, 9.17) is 18.9 Å². The highest BCUT2D eigenvalue weighted by Gasteiger charge is 2.27. The van der Waals surface area contributed by atoms with Crippen LogP contribution in [0.25, 0.3) is 0 Å². The number of rotatable bonds is 6. The van der Waals surface area contributed by atoms with Gasteiger partial charge in [-0.15, -0.1) is 0 Å². The zero-order valence-electron chi connectivity index (χ0n) is 18.2. The number of anilines is 1. The number of hydrogen-bond donors (Lipinski definition) is 2. The number of piperidine rings is 1. The number of carbonyl (C=O) groups excluding carboxylic acids is 2. The molecule has 2 aromatic rings. The fraction of sp³-hybridized carbons (Fsp3) is 0.417. The fourth-order valence-electron chi connectivity index (χ4n) is 4.22. The molecule has 9 heteroatoms. The first-order chi connectivity index (χ1) is 16.1. The molecule has 1 fully saturated rings. The monoisotopic (exact) mass is 453 g/mol. The van der Waals surface area contributed by atoms with Crippen LogP contribution in [0.1, 0.15) is 12.8 Å². The van der Waals surface area contributed by atoms with Crippen LogP contribution in [-0.2, 0) is 9.59 Å². The van der Waals surface area contributed by atoms with E-state index in [0.29, 0.717) is 68.6 Å². The lowest BCUT2D eigenvalue weighted by Crippen LogP contribution is -2.46. The zero-order chi connectivity index (χ0) is 22.6. The van der Waals surface area contributed by atoms with Gasteiger partial charge in [0.1, 0.15) is 12.7 Å². The summed E-state index contributed by atoms with van der Waals surface area (Å²) >= 11 is 0. The number of nitrogens with one attached hydrogen (secondary N) is 2. The lowest BCUT2D eigenvalue weighted by atomic mass is 9.95. The molecule has 0 aromatic heterocycles. The molecule has 0 aliphatic carbocycles. The third-order valence-electron chi connectivity index (χ3n) is 6.06. The molecule has 0 spiro atoms. The summed E-state index contributed by atoms with van der Waals surface area (Å²) in [7, 11) is 0. The Balaban J connectivity index is 1.02. The first-order valence-electron chi connectivity index (χ1n) is 11.2. The molecule has 2 aromatic carbocycles. The minimum atomic E-state index is -0.213. The number of benzene rings is 2. The third kappa shape index (κ3) is 5.14. The summed E-state index contributed by atoms with van der Waals surface area (Å²) in [4.78, 5) is 27.1. The van der Waals surface area contributed by atoms with Gasteiger partial charge in [-0.1, -0.05) is 12.1 Å². The van der Waals surface area contributed by atoms with E-state index in [1.807, 2.05) is 30.3 Å². The van der Waals surface area contributed by atoms with Crippen LogP contribution >= 0.6 is 0 Å². The van der Waals surface area contributed by atoms with E-state index in [-0.39, 0.29) is 30.6 Å². The lowest BCUT2D eigenvalue weighted by Gasteiger charge is -2.31. The molecule has 0 radical (unpaired) electrons. The van der Waals surface area contributed by atoms with Crippen LogP contribution in [0, 0.1) is 5.92 Å². The van der Waals surface area contributed by atoms with Gasteiger partial charge in [0.05, 0.1) is 13.1 Å². The van der Waals surface area contributed by atoms with Gasteiger partial charge in [0, 0.05) is 17.7 Å². The molecule has 33 heavy (non-hydrogen) atoms. The summed E-state index contributed by atoms with van der Waals surface area (Å²) in [6.07, 6.45) is 1.20. The van der Waals surface area contributed by atoms with Crippen LogP contribution in [-0.4, -0.2) is 62.4 Å². The molecule has 3 heterocycles. The first kappa shape index (κ1) is 21.4. The van der Waals surface area contributed by atoms with E-state index in [1.165, 1.54) is 0 Å². The van der Waals surface area contributed by atoms with Crippen molar-refractivity contribution in [3.63, 3.8) is 0 Å². The Morgan fingerprint density at radius 1 is 0.939 bits per heavy atom. The predicted molar refractivity (Wildman–Crippen MR) is 120 cm³/mol. The van der Waals surface area contributed by atoms with Gasteiger partial charge in [-0.05, 0) is 50.2 Å². The molecule has 0 saturated carbocycles. The van der Waals surface area contributed by atoms with Gasteiger partial charge >= 0.3 is 0 Å². The van der Waals surface area contributed by atoms with Crippen molar-refractivity contribution in [2.24, 2.45) is 5.92 Å². The molecular weight excluding hydrogens is 426 g/mol. The number of para-hydroxylation sites is 2. The highest BCUT2D eigenvalue weighted by atomic mass is 16.7. The van der Waals surface area contributed by atoms with Crippen molar-refractivity contribution in [3.8, 4) is 23.0 Å². The molecule has 5 rings (SSSR count). The Labute approximate surface area is 191 Å². The van der Waals surface area contributed by atoms with E-state index >= 15 is 0 Å². The van der Waals surface area contributed by atoms with Crippen LogP contribution < -0.4 is 29.6 Å². The Morgan fingerprint density at radius 2 is 1.70 bits per heavy atom. The number of hydrogen-bond acceptors (Lipinski definition) is 7. The van der Waals surface area contributed by atoms with Crippen molar-refractivity contribution in [1.82, 2.24) is 10.2 Å². The smallest absolute Gasteiger partial charge is 0.234 e. The first-order valence-corrected chi connectivity index (χ1v) is 11.2. The average molecular weight is 453 g/mol. The predicted octanol–water partition coefficient (Wildman–Crippen LogP) is 2.02.